The standard InChI is InChI=1S/C9H18N2O.2C8H16N2O.2C7H14N2O/c1-5-8(10-6-2)11-9(12)7(3)4;1-5-7(9-4)10-8(11)6(2)3;1-4-7(9-6-3)10-8(11)5-2;1-4-6(8-3)9-7(10)5-2;1-4-7(10)9-6(3)8-5-2/h8,10H,3,5-6H2,1-2,4H3,(H,11,12);7,9H,2,5H2,1,3-4H3,(H,10,11);5,7,9H,2,4,6H2,1,3H3,(H,10,11);5-6,8H,2,4H2,1,3H3,(H,9,10);4,6,8H,1,5H2,2-3H3,(H,9,10). The highest BCUT2D eigenvalue weighted by Gasteiger charge is 2.09. The molecule has 15 nitrogen and oxygen atoms in total. The van der Waals surface area contributed by atoms with Crippen LogP contribution in [0, 0.1) is 0 Å². The Balaban J connectivity index is -0.000000186. The summed E-state index contributed by atoms with van der Waals surface area (Å²) in [4.78, 5) is 54.2. The van der Waals surface area contributed by atoms with Crippen molar-refractivity contribution in [3.8, 4) is 0 Å². The molecule has 0 bridgehead atoms. The molecule has 10 N–H and O–H groups in total. The average molecular weight is 767 g/mol. The summed E-state index contributed by atoms with van der Waals surface area (Å²) in [6, 6.07) is 0. The van der Waals surface area contributed by atoms with Crippen LogP contribution in [0.25, 0.3) is 0 Å². The van der Waals surface area contributed by atoms with Gasteiger partial charge < -0.3 is 37.2 Å². The molecule has 0 fully saturated rings. The van der Waals surface area contributed by atoms with Gasteiger partial charge in [0.25, 0.3) is 0 Å². The molecule has 0 heterocycles. The van der Waals surface area contributed by atoms with Crippen molar-refractivity contribution in [2.75, 3.05) is 33.7 Å². The molecule has 54 heavy (non-hydrogen) atoms. The number of carbonyl (C=O) groups excluding carboxylic acids is 5. The molecular formula is C39H78N10O5. The number of hydrogen-bond donors (Lipinski definition) is 10. The maximum atomic E-state index is 11.1. The van der Waals surface area contributed by atoms with Crippen LogP contribution in [0.15, 0.2) is 62.3 Å². The molecule has 0 saturated heterocycles. The van der Waals surface area contributed by atoms with E-state index in [-0.39, 0.29) is 60.4 Å². The van der Waals surface area contributed by atoms with Gasteiger partial charge >= 0.3 is 0 Å². The van der Waals surface area contributed by atoms with Gasteiger partial charge in [-0.15, -0.1) is 0 Å². The molecular weight excluding hydrogens is 688 g/mol. The fraction of sp³-hybridized carbons (Fsp3) is 0.615. The monoisotopic (exact) mass is 767 g/mol. The lowest BCUT2D eigenvalue weighted by molar-refractivity contribution is -0.119. The first kappa shape index (κ1) is 59.1. The lowest BCUT2D eigenvalue weighted by atomic mass is 10.3. The molecule has 0 saturated carbocycles. The minimum absolute atomic E-state index is 0.0236. The molecule has 0 aromatic heterocycles. The zero-order chi connectivity index (χ0) is 43.1. The largest absolute Gasteiger partial charge is 0.338 e. The summed E-state index contributed by atoms with van der Waals surface area (Å²) in [5.74, 6) is -0.582. The zero-order valence-corrected chi connectivity index (χ0v) is 35.6. The minimum atomic E-state index is -0.145. The SMILES string of the molecule is C=C(C)C(=O)NC(CC)NC.C=C(C)C(=O)NC(CC)NCC.C=CC(=O)NC(C)NCC.C=CC(=O)NC(CC)NC.C=CC(=O)NC(CC)NCC. The zero-order valence-electron chi connectivity index (χ0n) is 35.6. The Kier molecular flexibility index (Phi) is 45.6. The third kappa shape index (κ3) is 40.6. The van der Waals surface area contributed by atoms with E-state index in [2.05, 4.69) is 86.1 Å². The van der Waals surface area contributed by atoms with Crippen LogP contribution in [0.3, 0.4) is 0 Å². The fourth-order valence-corrected chi connectivity index (χ4v) is 3.50. The number of nitrogens with one attached hydrogen (secondary N) is 10. The quantitative estimate of drug-likeness (QED) is 0.0577. The smallest absolute Gasteiger partial charge is 0.247 e. The van der Waals surface area contributed by atoms with Gasteiger partial charge in [-0.05, 0) is 98.4 Å². The van der Waals surface area contributed by atoms with E-state index in [1.165, 1.54) is 18.2 Å². The lowest BCUT2D eigenvalue weighted by Crippen LogP contribution is -2.45. The summed E-state index contributed by atoms with van der Waals surface area (Å²) >= 11 is 0. The van der Waals surface area contributed by atoms with Gasteiger partial charge in [0.2, 0.25) is 29.5 Å². The van der Waals surface area contributed by atoms with Crippen LogP contribution in [-0.2, 0) is 24.0 Å². The van der Waals surface area contributed by atoms with Crippen molar-refractivity contribution in [3.05, 3.63) is 62.3 Å². The van der Waals surface area contributed by atoms with E-state index in [0.29, 0.717) is 11.1 Å². The predicted octanol–water partition coefficient (Wildman–Crippen LogP) is 2.78. The molecule has 0 aliphatic rings. The van der Waals surface area contributed by atoms with E-state index in [0.717, 1.165) is 45.3 Å². The van der Waals surface area contributed by atoms with Crippen LogP contribution in [0.2, 0.25) is 0 Å². The van der Waals surface area contributed by atoms with Crippen molar-refractivity contribution in [2.24, 2.45) is 0 Å². The van der Waals surface area contributed by atoms with Crippen LogP contribution >= 0.6 is 0 Å². The Hall–Kier alpha value is -4.15. The van der Waals surface area contributed by atoms with E-state index in [4.69, 9.17) is 0 Å². The van der Waals surface area contributed by atoms with Crippen molar-refractivity contribution in [2.45, 2.75) is 126 Å². The van der Waals surface area contributed by atoms with Crippen LogP contribution in [-0.4, -0.2) is 94.1 Å². The van der Waals surface area contributed by atoms with Gasteiger partial charge in [-0.3, -0.25) is 39.9 Å². The Labute approximate surface area is 327 Å². The van der Waals surface area contributed by atoms with Gasteiger partial charge in [-0.1, -0.05) is 81.4 Å². The molecule has 0 rings (SSSR count). The van der Waals surface area contributed by atoms with Gasteiger partial charge in [-0.2, -0.15) is 0 Å². The summed E-state index contributed by atoms with van der Waals surface area (Å²) < 4.78 is 0. The van der Waals surface area contributed by atoms with Crippen molar-refractivity contribution in [1.82, 2.24) is 53.2 Å². The Morgan fingerprint density at radius 1 is 0.481 bits per heavy atom. The molecule has 0 aromatic carbocycles. The third-order valence-corrected chi connectivity index (χ3v) is 6.68. The highest BCUT2D eigenvalue weighted by atomic mass is 16.2. The lowest BCUT2D eigenvalue weighted by Gasteiger charge is -2.17. The second kappa shape index (κ2) is 41.6. The molecule has 0 aliphatic heterocycles. The summed E-state index contributed by atoms with van der Waals surface area (Å²) in [6.45, 7) is 39.0. The molecule has 0 spiro atoms. The summed E-state index contributed by atoms with van der Waals surface area (Å²) in [6.07, 6.45) is 7.59. The van der Waals surface area contributed by atoms with Gasteiger partial charge in [0, 0.05) is 11.1 Å². The van der Waals surface area contributed by atoms with Crippen molar-refractivity contribution >= 4 is 29.5 Å². The second-order valence-corrected chi connectivity index (χ2v) is 11.5. The van der Waals surface area contributed by atoms with Crippen LogP contribution in [0.4, 0.5) is 0 Å². The molecule has 0 aromatic rings. The topological polar surface area (TPSA) is 206 Å². The van der Waals surface area contributed by atoms with Crippen molar-refractivity contribution in [3.63, 3.8) is 0 Å². The van der Waals surface area contributed by atoms with Crippen LogP contribution in [0.1, 0.15) is 94.9 Å². The maximum Gasteiger partial charge on any atom is 0.247 e. The first-order valence-electron chi connectivity index (χ1n) is 18.7. The highest BCUT2D eigenvalue weighted by molar-refractivity contribution is 5.92. The van der Waals surface area contributed by atoms with E-state index in [9.17, 15) is 24.0 Å². The Morgan fingerprint density at radius 2 is 0.759 bits per heavy atom. The molecule has 314 valence electrons. The van der Waals surface area contributed by atoms with Crippen LogP contribution in [0.5, 0.6) is 0 Å². The number of hydrogen-bond acceptors (Lipinski definition) is 10. The van der Waals surface area contributed by atoms with E-state index < -0.39 is 0 Å². The Morgan fingerprint density at radius 3 is 1.04 bits per heavy atom. The van der Waals surface area contributed by atoms with Crippen LogP contribution < -0.4 is 53.2 Å². The molecule has 5 unspecified atom stereocenters. The third-order valence-electron chi connectivity index (χ3n) is 6.68. The van der Waals surface area contributed by atoms with Crippen molar-refractivity contribution < 1.29 is 24.0 Å². The number of carbonyl (C=O) groups is 5. The van der Waals surface area contributed by atoms with Gasteiger partial charge in [0.15, 0.2) is 0 Å². The number of amides is 5. The summed E-state index contributed by atoms with van der Waals surface area (Å²) in [7, 11) is 3.62. The van der Waals surface area contributed by atoms with Gasteiger partial charge in [0.1, 0.15) is 0 Å². The second-order valence-electron chi connectivity index (χ2n) is 11.5. The average Bonchev–Trinajstić information content (AvgIpc) is 3.15. The van der Waals surface area contributed by atoms with E-state index >= 15 is 0 Å². The molecule has 15 heteroatoms. The van der Waals surface area contributed by atoms with Crippen molar-refractivity contribution in [1.29, 1.82) is 0 Å². The predicted molar refractivity (Wildman–Crippen MR) is 226 cm³/mol. The molecule has 5 atom stereocenters. The normalized spacial score (nSPS) is 12.2. The summed E-state index contributed by atoms with van der Waals surface area (Å²) in [5, 5.41) is 28.9. The maximum absolute atomic E-state index is 11.1. The minimum Gasteiger partial charge on any atom is -0.338 e. The van der Waals surface area contributed by atoms with E-state index in [1.54, 1.807) is 20.9 Å². The number of rotatable bonds is 22. The Bertz CT molecular complexity index is 1080. The first-order chi connectivity index (χ1) is 25.4. The highest BCUT2D eigenvalue weighted by Crippen LogP contribution is 1.91. The molecule has 0 radical (unpaired) electrons. The van der Waals surface area contributed by atoms with Gasteiger partial charge in [-0.25, -0.2) is 0 Å². The van der Waals surface area contributed by atoms with E-state index in [1.807, 2.05) is 62.4 Å². The molecule has 0 aliphatic carbocycles. The first-order valence-corrected chi connectivity index (χ1v) is 18.7. The van der Waals surface area contributed by atoms with Gasteiger partial charge in [0.05, 0.1) is 30.8 Å². The fourth-order valence-electron chi connectivity index (χ4n) is 3.50. The summed E-state index contributed by atoms with van der Waals surface area (Å²) in [5.41, 5.74) is 1.09. The molecule has 5 amide bonds.